The summed E-state index contributed by atoms with van der Waals surface area (Å²) in [6.45, 7) is 3.61. The van der Waals surface area contributed by atoms with Gasteiger partial charge in [-0.1, -0.05) is 44.2 Å². The van der Waals surface area contributed by atoms with E-state index in [9.17, 15) is 14.4 Å². The van der Waals surface area contributed by atoms with Crippen LogP contribution in [0.3, 0.4) is 0 Å². The highest BCUT2D eigenvalue weighted by Crippen LogP contribution is 2.11. The molecule has 0 fully saturated rings. The number of carbonyl (C=O) groups excluding carboxylic acids is 3. The predicted molar refractivity (Wildman–Crippen MR) is 105 cm³/mol. The molecule has 0 saturated carbocycles. The van der Waals surface area contributed by atoms with Crippen molar-refractivity contribution in [1.29, 1.82) is 0 Å². The number of nitrogens with one attached hydrogen (secondary N) is 2. The molecule has 1 atom stereocenters. The van der Waals surface area contributed by atoms with Crippen molar-refractivity contribution in [3.8, 4) is 0 Å². The van der Waals surface area contributed by atoms with Crippen molar-refractivity contribution in [2.75, 3.05) is 12.4 Å². The molecule has 0 bridgehead atoms. The molecule has 0 aliphatic heterocycles. The summed E-state index contributed by atoms with van der Waals surface area (Å²) in [5.41, 5.74) is 1.64. The Bertz CT molecular complexity index is 821. The van der Waals surface area contributed by atoms with E-state index in [2.05, 4.69) is 15.4 Å². The van der Waals surface area contributed by atoms with Crippen molar-refractivity contribution in [3.05, 3.63) is 65.7 Å². The number of amides is 2. The molecule has 2 aromatic rings. The highest BCUT2D eigenvalue weighted by atomic mass is 16.5. The Morgan fingerprint density at radius 2 is 1.71 bits per heavy atom. The first-order valence-electron chi connectivity index (χ1n) is 8.87. The van der Waals surface area contributed by atoms with E-state index in [1.807, 2.05) is 19.9 Å². The molecule has 2 aromatic carbocycles. The van der Waals surface area contributed by atoms with Crippen molar-refractivity contribution in [2.45, 2.75) is 26.5 Å². The van der Waals surface area contributed by atoms with Crippen molar-refractivity contribution in [2.24, 2.45) is 5.92 Å². The quantitative estimate of drug-likeness (QED) is 0.714. The number of anilines is 1. The van der Waals surface area contributed by atoms with E-state index in [4.69, 9.17) is 4.74 Å². The van der Waals surface area contributed by atoms with Gasteiger partial charge in [-0.3, -0.25) is 0 Å². The van der Waals surface area contributed by atoms with Crippen LogP contribution in [0, 0.1) is 5.92 Å². The summed E-state index contributed by atoms with van der Waals surface area (Å²) in [6.07, 6.45) is 0. The van der Waals surface area contributed by atoms with E-state index in [1.54, 1.807) is 48.5 Å². The number of hydrogen-bond donors (Lipinski definition) is 2. The first-order chi connectivity index (χ1) is 13.4. The number of para-hydroxylation sites is 1. The molecule has 2 rings (SSSR count). The summed E-state index contributed by atoms with van der Waals surface area (Å²) < 4.78 is 10.0. The number of rotatable bonds is 7. The molecule has 0 spiro atoms. The number of hydrogen-bond acceptors (Lipinski definition) is 5. The molecular weight excluding hydrogens is 360 g/mol. The highest BCUT2D eigenvalue weighted by Gasteiger charge is 2.26. The minimum atomic E-state index is -0.812. The lowest BCUT2D eigenvalue weighted by Gasteiger charge is -2.21. The molecule has 2 amide bonds. The Morgan fingerprint density at radius 1 is 1.00 bits per heavy atom. The van der Waals surface area contributed by atoms with Crippen LogP contribution in [0.25, 0.3) is 0 Å². The fourth-order valence-corrected chi connectivity index (χ4v) is 2.48. The molecule has 7 heteroatoms. The van der Waals surface area contributed by atoms with Gasteiger partial charge in [0.05, 0.1) is 12.7 Å². The van der Waals surface area contributed by atoms with Crippen LogP contribution < -0.4 is 10.6 Å². The Kier molecular flexibility index (Phi) is 7.56. The Hall–Kier alpha value is -3.35. The van der Waals surface area contributed by atoms with Crippen LogP contribution >= 0.6 is 0 Å². The molecule has 0 radical (unpaired) electrons. The SMILES string of the molecule is COC(=O)c1cccc(COC(=O)[C@@H](NC(=O)Nc2ccccc2)C(C)C)c1. The van der Waals surface area contributed by atoms with E-state index >= 15 is 0 Å². The minimum Gasteiger partial charge on any atom is -0.465 e. The molecular formula is C21H24N2O5. The lowest BCUT2D eigenvalue weighted by molar-refractivity contribution is -0.148. The van der Waals surface area contributed by atoms with E-state index in [1.165, 1.54) is 7.11 Å². The maximum Gasteiger partial charge on any atom is 0.337 e. The number of ether oxygens (including phenoxy) is 2. The molecule has 0 aromatic heterocycles. The van der Waals surface area contributed by atoms with Gasteiger partial charge < -0.3 is 20.1 Å². The number of urea groups is 1. The van der Waals surface area contributed by atoms with E-state index in [0.29, 0.717) is 16.8 Å². The molecule has 0 unspecified atom stereocenters. The number of carbonyl (C=O) groups is 3. The van der Waals surface area contributed by atoms with Crippen molar-refractivity contribution >= 4 is 23.7 Å². The standard InChI is InChI=1S/C21H24N2O5/c1-14(2)18(23-21(26)22-17-10-5-4-6-11-17)20(25)28-13-15-8-7-9-16(12-15)19(24)27-3/h4-12,14,18H,13H2,1-3H3,(H2,22,23,26)/t18-/m0/s1. The van der Waals surface area contributed by atoms with Crippen molar-refractivity contribution < 1.29 is 23.9 Å². The molecule has 7 nitrogen and oxygen atoms in total. The van der Waals surface area contributed by atoms with Gasteiger partial charge in [-0.2, -0.15) is 0 Å². The lowest BCUT2D eigenvalue weighted by atomic mass is 10.0. The van der Waals surface area contributed by atoms with Gasteiger partial charge in [-0.15, -0.1) is 0 Å². The Labute approximate surface area is 164 Å². The first kappa shape index (κ1) is 21.0. The van der Waals surface area contributed by atoms with Crippen LogP contribution in [0.15, 0.2) is 54.6 Å². The maximum atomic E-state index is 12.5. The van der Waals surface area contributed by atoms with E-state index < -0.39 is 24.0 Å². The van der Waals surface area contributed by atoms with Crippen LogP contribution in [0.1, 0.15) is 29.8 Å². The summed E-state index contributed by atoms with van der Waals surface area (Å²) in [5.74, 6) is -1.19. The van der Waals surface area contributed by atoms with Crippen LogP contribution in [-0.4, -0.2) is 31.1 Å². The molecule has 0 saturated heterocycles. The fourth-order valence-electron chi connectivity index (χ4n) is 2.48. The largest absolute Gasteiger partial charge is 0.465 e. The second-order valence-corrected chi connectivity index (χ2v) is 6.49. The molecule has 0 aliphatic rings. The van der Waals surface area contributed by atoms with Crippen LogP contribution in [0.2, 0.25) is 0 Å². The van der Waals surface area contributed by atoms with Gasteiger partial charge in [-0.05, 0) is 35.7 Å². The summed E-state index contributed by atoms with van der Waals surface area (Å²) in [5, 5.41) is 5.31. The third kappa shape index (κ3) is 6.12. The summed E-state index contributed by atoms with van der Waals surface area (Å²) in [4.78, 5) is 36.2. The van der Waals surface area contributed by atoms with Crippen LogP contribution in [0.5, 0.6) is 0 Å². The highest BCUT2D eigenvalue weighted by molar-refractivity contribution is 5.92. The van der Waals surface area contributed by atoms with Gasteiger partial charge in [0, 0.05) is 5.69 Å². The smallest absolute Gasteiger partial charge is 0.337 e. The zero-order valence-electron chi connectivity index (χ0n) is 16.1. The van der Waals surface area contributed by atoms with Gasteiger partial charge >= 0.3 is 18.0 Å². The third-order valence-corrected chi connectivity index (χ3v) is 3.97. The molecule has 28 heavy (non-hydrogen) atoms. The van der Waals surface area contributed by atoms with Gasteiger partial charge in [0.25, 0.3) is 0 Å². The first-order valence-corrected chi connectivity index (χ1v) is 8.87. The number of benzene rings is 2. The summed E-state index contributed by atoms with van der Waals surface area (Å²) in [7, 11) is 1.30. The summed E-state index contributed by atoms with van der Waals surface area (Å²) >= 11 is 0. The van der Waals surface area contributed by atoms with E-state index in [0.717, 1.165) is 0 Å². The second kappa shape index (κ2) is 10.1. The van der Waals surface area contributed by atoms with Gasteiger partial charge in [0.2, 0.25) is 0 Å². The molecule has 0 aliphatic carbocycles. The molecule has 2 N–H and O–H groups in total. The normalized spacial score (nSPS) is 11.4. The van der Waals surface area contributed by atoms with Crippen LogP contribution in [0.4, 0.5) is 10.5 Å². The number of esters is 2. The maximum absolute atomic E-state index is 12.5. The van der Waals surface area contributed by atoms with Gasteiger partial charge in [0.1, 0.15) is 12.6 Å². The molecule has 0 heterocycles. The molecule has 148 valence electrons. The monoisotopic (exact) mass is 384 g/mol. The predicted octanol–water partition coefficient (Wildman–Crippen LogP) is 3.36. The zero-order valence-corrected chi connectivity index (χ0v) is 16.1. The fraction of sp³-hybridized carbons (Fsp3) is 0.286. The summed E-state index contributed by atoms with van der Waals surface area (Å²) in [6, 6.07) is 14.3. The second-order valence-electron chi connectivity index (χ2n) is 6.49. The third-order valence-electron chi connectivity index (χ3n) is 3.97. The van der Waals surface area contributed by atoms with Crippen molar-refractivity contribution in [3.63, 3.8) is 0 Å². The zero-order chi connectivity index (χ0) is 20.5. The Balaban J connectivity index is 1.95. The van der Waals surface area contributed by atoms with Gasteiger partial charge in [-0.25, -0.2) is 14.4 Å². The minimum absolute atomic E-state index is 0.0190. The average molecular weight is 384 g/mol. The Morgan fingerprint density at radius 3 is 2.36 bits per heavy atom. The lowest BCUT2D eigenvalue weighted by Crippen LogP contribution is -2.47. The topological polar surface area (TPSA) is 93.7 Å². The van der Waals surface area contributed by atoms with E-state index in [-0.39, 0.29) is 12.5 Å². The number of methoxy groups -OCH3 is 1. The van der Waals surface area contributed by atoms with Crippen LogP contribution in [-0.2, 0) is 20.9 Å². The average Bonchev–Trinajstić information content (AvgIpc) is 2.70. The van der Waals surface area contributed by atoms with Crippen molar-refractivity contribution in [1.82, 2.24) is 5.32 Å². The van der Waals surface area contributed by atoms with Gasteiger partial charge in [0.15, 0.2) is 0 Å².